The Bertz CT molecular complexity index is 756. The van der Waals surface area contributed by atoms with Crippen molar-refractivity contribution >= 4 is 5.91 Å². The van der Waals surface area contributed by atoms with Crippen LogP contribution in [0.1, 0.15) is 65.0 Å². The van der Waals surface area contributed by atoms with Crippen molar-refractivity contribution in [1.82, 2.24) is 5.32 Å². The van der Waals surface area contributed by atoms with E-state index >= 15 is 0 Å². The minimum Gasteiger partial charge on any atom is -0.329 e. The highest BCUT2D eigenvalue weighted by atomic mass is 16.2. The van der Waals surface area contributed by atoms with Gasteiger partial charge in [-0.1, -0.05) is 107 Å². The SMILES string of the molecule is CC.CC.CCc1ccccc1.O=C(NC1=CC=CC1)C1(c2ccccc2)CC1. The van der Waals surface area contributed by atoms with E-state index in [0.717, 1.165) is 36.9 Å². The summed E-state index contributed by atoms with van der Waals surface area (Å²) >= 11 is 0. The predicted molar refractivity (Wildman–Crippen MR) is 126 cm³/mol. The van der Waals surface area contributed by atoms with Crippen molar-refractivity contribution in [3.63, 3.8) is 0 Å². The van der Waals surface area contributed by atoms with Gasteiger partial charge < -0.3 is 5.32 Å². The maximum absolute atomic E-state index is 12.3. The standard InChI is InChI=1S/C15H15NO.C8H10.2C2H6/c17-14(16-13-8-4-5-9-13)15(10-11-15)12-6-2-1-3-7-12;1-2-8-6-4-3-5-7-8;2*1-2/h1-8H,9-11H2,(H,16,17);3-7H,2H2,1H3;2*1-2H3. The molecule has 2 nitrogen and oxygen atoms in total. The van der Waals surface area contributed by atoms with Gasteiger partial charge in [0.05, 0.1) is 5.41 Å². The smallest absolute Gasteiger partial charge is 0.234 e. The number of carbonyl (C=O) groups excluding carboxylic acids is 1. The first kappa shape index (κ1) is 24.4. The second-order valence-corrected chi connectivity index (χ2v) is 6.57. The molecule has 1 fully saturated rings. The van der Waals surface area contributed by atoms with Crippen LogP contribution >= 0.6 is 0 Å². The lowest BCUT2D eigenvalue weighted by Crippen LogP contribution is -2.33. The Kier molecular flexibility index (Phi) is 11.4. The summed E-state index contributed by atoms with van der Waals surface area (Å²) < 4.78 is 0. The van der Waals surface area contributed by atoms with E-state index in [-0.39, 0.29) is 11.3 Å². The molecular weight excluding hydrogens is 354 g/mol. The maximum Gasteiger partial charge on any atom is 0.234 e. The first-order valence-corrected chi connectivity index (χ1v) is 11.0. The van der Waals surface area contributed by atoms with Gasteiger partial charge in [0.1, 0.15) is 0 Å². The number of benzene rings is 2. The number of carbonyl (C=O) groups is 1. The van der Waals surface area contributed by atoms with Crippen LogP contribution in [-0.4, -0.2) is 5.91 Å². The number of hydrogen-bond acceptors (Lipinski definition) is 1. The molecule has 2 aliphatic rings. The van der Waals surface area contributed by atoms with Crippen LogP contribution in [0.3, 0.4) is 0 Å². The van der Waals surface area contributed by atoms with Crippen molar-refractivity contribution in [2.24, 2.45) is 0 Å². The average molecular weight is 392 g/mol. The molecule has 1 N–H and O–H groups in total. The Labute approximate surface area is 177 Å². The van der Waals surface area contributed by atoms with Crippen LogP contribution in [0.5, 0.6) is 0 Å². The normalized spacial score (nSPS) is 14.6. The van der Waals surface area contributed by atoms with Gasteiger partial charge >= 0.3 is 0 Å². The quantitative estimate of drug-likeness (QED) is 0.598. The molecule has 0 aromatic heterocycles. The molecule has 0 atom stereocenters. The van der Waals surface area contributed by atoms with E-state index < -0.39 is 0 Å². The molecule has 156 valence electrons. The van der Waals surface area contributed by atoms with E-state index in [9.17, 15) is 4.79 Å². The molecule has 29 heavy (non-hydrogen) atoms. The summed E-state index contributed by atoms with van der Waals surface area (Å²) in [6, 6.07) is 20.5. The molecule has 2 aromatic rings. The average Bonchev–Trinajstić information content (AvgIpc) is 3.48. The zero-order valence-electron chi connectivity index (χ0n) is 18.7. The number of aryl methyl sites for hydroxylation is 1. The molecule has 0 saturated heterocycles. The van der Waals surface area contributed by atoms with E-state index in [1.165, 1.54) is 5.56 Å². The molecule has 1 amide bonds. The summed E-state index contributed by atoms with van der Waals surface area (Å²) in [5.41, 5.74) is 3.30. The zero-order chi connectivity index (χ0) is 21.5. The minimum absolute atomic E-state index is 0.152. The number of hydrogen-bond donors (Lipinski definition) is 1. The molecule has 0 aliphatic heterocycles. The lowest BCUT2D eigenvalue weighted by Gasteiger charge is -2.16. The maximum atomic E-state index is 12.3. The van der Waals surface area contributed by atoms with Crippen molar-refractivity contribution in [1.29, 1.82) is 0 Å². The third kappa shape index (κ3) is 7.38. The summed E-state index contributed by atoms with van der Waals surface area (Å²) in [5.74, 6) is 0.152. The Morgan fingerprint density at radius 2 is 1.45 bits per heavy atom. The molecule has 2 aliphatic carbocycles. The highest BCUT2D eigenvalue weighted by molar-refractivity contribution is 5.92. The van der Waals surface area contributed by atoms with Gasteiger partial charge in [0, 0.05) is 12.1 Å². The third-order valence-corrected chi connectivity index (χ3v) is 4.81. The fourth-order valence-corrected chi connectivity index (χ4v) is 3.05. The van der Waals surface area contributed by atoms with E-state index in [0.29, 0.717) is 0 Å². The van der Waals surface area contributed by atoms with Gasteiger partial charge in [0.2, 0.25) is 5.91 Å². The van der Waals surface area contributed by atoms with Gasteiger partial charge in [-0.2, -0.15) is 0 Å². The van der Waals surface area contributed by atoms with Crippen molar-refractivity contribution in [3.05, 3.63) is 95.7 Å². The van der Waals surface area contributed by atoms with Gasteiger partial charge in [-0.25, -0.2) is 0 Å². The second-order valence-electron chi connectivity index (χ2n) is 6.57. The van der Waals surface area contributed by atoms with Crippen molar-refractivity contribution in [3.8, 4) is 0 Å². The van der Waals surface area contributed by atoms with Crippen LogP contribution in [0.15, 0.2) is 84.6 Å². The summed E-state index contributed by atoms with van der Waals surface area (Å²) in [7, 11) is 0. The molecule has 2 heteroatoms. The van der Waals surface area contributed by atoms with Gasteiger partial charge in [0.15, 0.2) is 0 Å². The van der Waals surface area contributed by atoms with Crippen molar-refractivity contribution in [2.45, 2.75) is 65.7 Å². The van der Waals surface area contributed by atoms with E-state index in [1.807, 2.05) is 76.2 Å². The van der Waals surface area contributed by atoms with Crippen molar-refractivity contribution in [2.75, 3.05) is 0 Å². The third-order valence-electron chi connectivity index (χ3n) is 4.81. The van der Waals surface area contributed by atoms with Gasteiger partial charge in [-0.15, -0.1) is 0 Å². The lowest BCUT2D eigenvalue weighted by atomic mass is 9.95. The fraction of sp³-hybridized carbons (Fsp3) is 0.370. The van der Waals surface area contributed by atoms with Crippen molar-refractivity contribution < 1.29 is 4.79 Å². The molecule has 0 spiro atoms. The number of amides is 1. The molecule has 2 aromatic carbocycles. The Hall–Kier alpha value is -2.61. The molecule has 0 unspecified atom stereocenters. The monoisotopic (exact) mass is 391 g/mol. The highest BCUT2D eigenvalue weighted by Gasteiger charge is 2.51. The van der Waals surface area contributed by atoms with E-state index in [2.05, 4.69) is 42.6 Å². The van der Waals surface area contributed by atoms with Crippen LogP contribution in [0.2, 0.25) is 0 Å². The summed E-state index contributed by atoms with van der Waals surface area (Å²) in [6.45, 7) is 10.2. The summed E-state index contributed by atoms with van der Waals surface area (Å²) in [5, 5.41) is 3.04. The van der Waals surface area contributed by atoms with Crippen LogP contribution in [0.25, 0.3) is 0 Å². The fourth-order valence-electron chi connectivity index (χ4n) is 3.05. The summed E-state index contributed by atoms with van der Waals surface area (Å²) in [6.07, 6.45) is 9.92. The number of nitrogens with one attached hydrogen (secondary N) is 1. The Morgan fingerprint density at radius 1 is 0.897 bits per heavy atom. The Balaban J connectivity index is 0.000000296. The lowest BCUT2D eigenvalue weighted by molar-refractivity contribution is -0.122. The van der Waals surface area contributed by atoms with Gasteiger partial charge in [-0.05, 0) is 36.5 Å². The molecule has 4 rings (SSSR count). The molecule has 0 heterocycles. The van der Waals surface area contributed by atoms with Gasteiger partial charge in [0.25, 0.3) is 0 Å². The Morgan fingerprint density at radius 3 is 1.86 bits per heavy atom. The van der Waals surface area contributed by atoms with Crippen LogP contribution in [-0.2, 0) is 16.6 Å². The molecular formula is C27H37NO. The van der Waals surface area contributed by atoms with Crippen LogP contribution in [0.4, 0.5) is 0 Å². The van der Waals surface area contributed by atoms with Gasteiger partial charge in [-0.3, -0.25) is 4.79 Å². The predicted octanol–water partition coefficient (Wildman–Crippen LogP) is 6.98. The topological polar surface area (TPSA) is 29.1 Å². The number of rotatable bonds is 4. The zero-order valence-corrected chi connectivity index (χ0v) is 18.7. The first-order valence-electron chi connectivity index (χ1n) is 11.0. The number of allylic oxidation sites excluding steroid dienone is 3. The minimum atomic E-state index is -0.259. The summed E-state index contributed by atoms with van der Waals surface area (Å²) in [4.78, 5) is 12.3. The van der Waals surface area contributed by atoms with E-state index in [1.54, 1.807) is 0 Å². The van der Waals surface area contributed by atoms with E-state index in [4.69, 9.17) is 0 Å². The van der Waals surface area contributed by atoms with Crippen LogP contribution < -0.4 is 5.32 Å². The molecule has 0 radical (unpaired) electrons. The highest BCUT2D eigenvalue weighted by Crippen LogP contribution is 2.48. The first-order chi connectivity index (χ1) is 14.2. The molecule has 1 saturated carbocycles. The molecule has 0 bridgehead atoms. The largest absolute Gasteiger partial charge is 0.329 e. The van der Waals surface area contributed by atoms with Crippen LogP contribution in [0, 0.1) is 0 Å². The second kappa shape index (κ2) is 13.5.